The van der Waals surface area contributed by atoms with Crippen LogP contribution in [0, 0.1) is 5.92 Å². The number of nitrogens with two attached hydrogens (primary N) is 1. The predicted octanol–water partition coefficient (Wildman–Crippen LogP) is 3.77. The van der Waals surface area contributed by atoms with Gasteiger partial charge in [0.2, 0.25) is 0 Å². The lowest BCUT2D eigenvalue weighted by Crippen LogP contribution is -2.38. The molecule has 0 radical (unpaired) electrons. The molecule has 2 aromatic carbocycles. The average Bonchev–Trinajstić information content (AvgIpc) is 2.89. The van der Waals surface area contributed by atoms with Gasteiger partial charge in [-0.1, -0.05) is 42.5 Å². The van der Waals surface area contributed by atoms with Crippen LogP contribution in [0.2, 0.25) is 0 Å². The van der Waals surface area contributed by atoms with Crippen LogP contribution in [0.5, 0.6) is 0 Å². The third-order valence-electron chi connectivity index (χ3n) is 5.05. The molecule has 3 N–H and O–H groups in total. The predicted molar refractivity (Wildman–Crippen MR) is 120 cm³/mol. The lowest BCUT2D eigenvalue weighted by molar-refractivity contribution is -0.141. The second kappa shape index (κ2) is 9.87. The number of fused-ring (bicyclic) bond motifs is 1. The van der Waals surface area contributed by atoms with Crippen LogP contribution in [0.15, 0.2) is 54.6 Å². The third kappa shape index (κ3) is 4.96. The Morgan fingerprint density at radius 2 is 1.66 bits per heavy atom. The second-order valence-electron chi connectivity index (χ2n) is 7.03. The van der Waals surface area contributed by atoms with Crippen molar-refractivity contribution in [3.8, 4) is 11.4 Å². The lowest BCUT2D eigenvalue weighted by atomic mass is 10.0. The van der Waals surface area contributed by atoms with Gasteiger partial charge in [-0.2, -0.15) is 0 Å². The Bertz CT molecular complexity index is 971. The smallest absolute Gasteiger partial charge is 0.308 e. The number of para-hydroxylation sites is 1. The number of carboxylic acid groups (broad SMARTS) is 1. The summed E-state index contributed by atoms with van der Waals surface area (Å²) in [6.45, 7) is 0.983. The number of carboxylic acids is 1. The lowest BCUT2D eigenvalue weighted by Gasteiger charge is -2.26. The fraction of sp³-hybridized carbons (Fsp3) is 0.286. The molecule has 2 atom stereocenters. The molecular weight excluding hydrogens is 411 g/mol. The van der Waals surface area contributed by atoms with E-state index in [2.05, 4.69) is 0 Å². The number of carbonyl (C=O) groups is 1. The zero-order valence-corrected chi connectivity index (χ0v) is 17.4. The molecule has 6 nitrogen and oxygen atoms in total. The van der Waals surface area contributed by atoms with E-state index >= 15 is 0 Å². The van der Waals surface area contributed by atoms with Crippen molar-refractivity contribution in [2.75, 3.05) is 18.0 Å². The molecule has 29 heavy (non-hydrogen) atoms. The summed E-state index contributed by atoms with van der Waals surface area (Å²) in [5, 5.41) is 10.5. The molecule has 4 rings (SSSR count). The van der Waals surface area contributed by atoms with E-state index in [9.17, 15) is 9.90 Å². The van der Waals surface area contributed by atoms with Crippen LogP contribution in [-0.4, -0.2) is 40.2 Å². The summed E-state index contributed by atoms with van der Waals surface area (Å²) in [6, 6.07) is 17.6. The number of aliphatic carboxylic acids is 1. The van der Waals surface area contributed by atoms with Crippen molar-refractivity contribution in [2.24, 2.45) is 11.7 Å². The molecule has 0 saturated carbocycles. The van der Waals surface area contributed by atoms with E-state index in [1.807, 2.05) is 59.5 Å². The number of aromatic nitrogens is 2. The number of rotatable bonds is 3. The van der Waals surface area contributed by atoms with Crippen molar-refractivity contribution in [3.63, 3.8) is 0 Å². The first-order valence-corrected chi connectivity index (χ1v) is 9.17. The Kier molecular flexibility index (Phi) is 7.79. The van der Waals surface area contributed by atoms with Crippen LogP contribution >= 0.6 is 24.8 Å². The van der Waals surface area contributed by atoms with Gasteiger partial charge in [-0.05, 0) is 25.0 Å². The molecule has 154 valence electrons. The highest BCUT2D eigenvalue weighted by Crippen LogP contribution is 2.30. The van der Waals surface area contributed by atoms with Gasteiger partial charge in [0.05, 0.1) is 11.4 Å². The first kappa shape index (κ1) is 22.9. The van der Waals surface area contributed by atoms with Crippen LogP contribution in [0.3, 0.4) is 0 Å². The summed E-state index contributed by atoms with van der Waals surface area (Å²) in [5.74, 6) is 0.153. The topological polar surface area (TPSA) is 92.3 Å². The molecule has 0 amide bonds. The third-order valence-corrected chi connectivity index (χ3v) is 5.05. The summed E-state index contributed by atoms with van der Waals surface area (Å²) >= 11 is 0. The van der Waals surface area contributed by atoms with Crippen molar-refractivity contribution in [3.05, 3.63) is 54.6 Å². The highest BCUT2D eigenvalue weighted by Gasteiger charge is 2.28. The minimum Gasteiger partial charge on any atom is -0.481 e. The molecule has 1 aromatic heterocycles. The summed E-state index contributed by atoms with van der Waals surface area (Å²) in [7, 11) is 0. The summed E-state index contributed by atoms with van der Waals surface area (Å²) in [6.07, 6.45) is 1.28. The fourth-order valence-electron chi connectivity index (χ4n) is 3.61. The number of hydrogen-bond donors (Lipinski definition) is 2. The molecule has 0 unspecified atom stereocenters. The number of nitrogens with zero attached hydrogens (tertiary/aromatic N) is 3. The molecule has 1 saturated heterocycles. The van der Waals surface area contributed by atoms with Gasteiger partial charge < -0.3 is 15.7 Å². The van der Waals surface area contributed by atoms with Crippen molar-refractivity contribution in [2.45, 2.75) is 18.9 Å². The van der Waals surface area contributed by atoms with Crippen molar-refractivity contribution < 1.29 is 9.90 Å². The van der Waals surface area contributed by atoms with Crippen LogP contribution in [0.1, 0.15) is 12.8 Å². The average molecular weight is 435 g/mol. The molecule has 1 aliphatic heterocycles. The van der Waals surface area contributed by atoms with Crippen LogP contribution in [-0.2, 0) is 4.79 Å². The molecule has 0 bridgehead atoms. The number of anilines is 1. The maximum Gasteiger partial charge on any atom is 0.308 e. The number of halogens is 2. The van der Waals surface area contributed by atoms with Crippen LogP contribution in [0.4, 0.5) is 5.82 Å². The summed E-state index contributed by atoms with van der Waals surface area (Å²) < 4.78 is 0. The molecule has 2 heterocycles. The minimum absolute atomic E-state index is 0. The normalized spacial score (nSPS) is 19.0. The minimum atomic E-state index is -0.782. The SMILES string of the molecule is Cl.Cl.N[C@@H]1CC[C@H](C(=O)O)CN(c2nc(-c3ccccc3)nc3ccccc23)C1. The molecule has 0 aliphatic carbocycles. The van der Waals surface area contributed by atoms with Crippen LogP contribution in [0.25, 0.3) is 22.3 Å². The highest BCUT2D eigenvalue weighted by atomic mass is 35.5. The maximum atomic E-state index is 11.6. The van der Waals surface area contributed by atoms with E-state index < -0.39 is 11.9 Å². The Balaban J connectivity index is 0.00000150. The Labute approximate surface area is 182 Å². The van der Waals surface area contributed by atoms with Crippen LogP contribution < -0.4 is 10.6 Å². The van der Waals surface area contributed by atoms with E-state index in [0.717, 1.165) is 22.3 Å². The quantitative estimate of drug-likeness (QED) is 0.651. The van der Waals surface area contributed by atoms with E-state index in [0.29, 0.717) is 31.8 Å². The largest absolute Gasteiger partial charge is 0.481 e. The molecule has 1 fully saturated rings. The Morgan fingerprint density at radius 3 is 2.38 bits per heavy atom. The van der Waals surface area contributed by atoms with E-state index in [-0.39, 0.29) is 30.9 Å². The number of hydrogen-bond acceptors (Lipinski definition) is 5. The van der Waals surface area contributed by atoms with Gasteiger partial charge in [-0.15, -0.1) is 24.8 Å². The van der Waals surface area contributed by atoms with Gasteiger partial charge in [-0.25, -0.2) is 9.97 Å². The zero-order valence-electron chi connectivity index (χ0n) is 15.8. The first-order valence-electron chi connectivity index (χ1n) is 9.17. The van der Waals surface area contributed by atoms with Gasteiger partial charge in [0, 0.05) is 30.1 Å². The molecule has 1 aliphatic rings. The second-order valence-corrected chi connectivity index (χ2v) is 7.03. The molecular formula is C21H24Cl2N4O2. The van der Waals surface area contributed by atoms with E-state index in [1.54, 1.807) is 0 Å². The molecule has 0 spiro atoms. The maximum absolute atomic E-state index is 11.6. The highest BCUT2D eigenvalue weighted by molar-refractivity contribution is 5.91. The summed E-state index contributed by atoms with van der Waals surface area (Å²) in [4.78, 5) is 23.2. The van der Waals surface area contributed by atoms with Gasteiger partial charge >= 0.3 is 5.97 Å². The summed E-state index contributed by atoms with van der Waals surface area (Å²) in [5.41, 5.74) is 8.01. The monoisotopic (exact) mass is 434 g/mol. The van der Waals surface area contributed by atoms with Gasteiger partial charge in [-0.3, -0.25) is 4.79 Å². The van der Waals surface area contributed by atoms with E-state index in [1.165, 1.54) is 0 Å². The fourth-order valence-corrected chi connectivity index (χ4v) is 3.61. The number of benzene rings is 2. The van der Waals surface area contributed by atoms with Gasteiger partial charge in [0.25, 0.3) is 0 Å². The Hall–Kier alpha value is -2.41. The Morgan fingerprint density at radius 1 is 0.966 bits per heavy atom. The molecule has 3 aromatic rings. The standard InChI is InChI=1S/C21H22N4O2.2ClH/c22-16-11-10-15(21(26)27)12-25(13-16)20-17-8-4-5-9-18(17)23-19(24-20)14-6-2-1-3-7-14;;/h1-9,15-16H,10-13,22H2,(H,26,27);2*1H/t15-,16+;;/m0../s1. The zero-order chi connectivity index (χ0) is 18.8. The van der Waals surface area contributed by atoms with Crippen molar-refractivity contribution in [1.82, 2.24) is 9.97 Å². The van der Waals surface area contributed by atoms with E-state index in [4.69, 9.17) is 15.7 Å². The molecule has 8 heteroatoms. The van der Waals surface area contributed by atoms with Gasteiger partial charge in [0.15, 0.2) is 5.82 Å². The van der Waals surface area contributed by atoms with Gasteiger partial charge in [0.1, 0.15) is 5.82 Å². The van der Waals surface area contributed by atoms with Crippen molar-refractivity contribution >= 4 is 47.5 Å². The van der Waals surface area contributed by atoms with Crippen molar-refractivity contribution in [1.29, 1.82) is 0 Å². The first-order chi connectivity index (χ1) is 13.1.